The van der Waals surface area contributed by atoms with Crippen LogP contribution in [-0.2, 0) is 5.75 Å². The maximum Gasteiger partial charge on any atom is 0.236 e. The molecule has 1 aromatic heterocycles. The zero-order valence-corrected chi connectivity index (χ0v) is 8.50. The van der Waals surface area contributed by atoms with Gasteiger partial charge in [0.15, 0.2) is 6.33 Å². The molecule has 0 bridgehead atoms. The van der Waals surface area contributed by atoms with Gasteiger partial charge in [-0.3, -0.25) is 0 Å². The maximum absolute atomic E-state index is 13.3. The van der Waals surface area contributed by atoms with Crippen LogP contribution >= 0.6 is 11.8 Å². The predicted octanol–water partition coefficient (Wildman–Crippen LogP) is 2.08. The second-order valence-electron chi connectivity index (χ2n) is 2.81. The summed E-state index contributed by atoms with van der Waals surface area (Å²) in [6, 6.07) is 4.57. The van der Waals surface area contributed by atoms with Crippen LogP contribution in [-0.4, -0.2) is 10.1 Å². The van der Waals surface area contributed by atoms with Gasteiger partial charge >= 0.3 is 0 Å². The molecule has 0 saturated heterocycles. The van der Waals surface area contributed by atoms with Crippen molar-refractivity contribution < 1.29 is 8.91 Å². The largest absolute Gasteiger partial charge is 0.399 e. The molecule has 0 fully saturated rings. The second kappa shape index (κ2) is 4.31. The lowest BCUT2D eigenvalue weighted by molar-refractivity contribution is 0.390. The number of thioether (sulfide) groups is 1. The van der Waals surface area contributed by atoms with Gasteiger partial charge in [-0.05, 0) is 18.2 Å². The molecule has 2 aromatic rings. The maximum atomic E-state index is 13.3. The van der Waals surface area contributed by atoms with Crippen LogP contribution < -0.4 is 5.73 Å². The Morgan fingerprint density at radius 2 is 2.33 bits per heavy atom. The Hall–Kier alpha value is -1.56. The molecule has 0 radical (unpaired) electrons. The number of aromatic nitrogens is 2. The van der Waals surface area contributed by atoms with E-state index >= 15 is 0 Å². The van der Waals surface area contributed by atoms with Crippen LogP contribution in [0.1, 0.15) is 5.89 Å². The van der Waals surface area contributed by atoms with Gasteiger partial charge in [-0.15, -0.1) is 11.8 Å². The Labute approximate surface area is 89.7 Å². The van der Waals surface area contributed by atoms with E-state index in [4.69, 9.17) is 10.3 Å². The molecule has 0 unspecified atom stereocenters. The monoisotopic (exact) mass is 225 g/mol. The fraction of sp³-hybridized carbons (Fsp3) is 0.111. The molecule has 0 aliphatic heterocycles. The van der Waals surface area contributed by atoms with Crippen LogP contribution in [0.2, 0.25) is 0 Å². The zero-order valence-electron chi connectivity index (χ0n) is 7.68. The Balaban J connectivity index is 2.05. The van der Waals surface area contributed by atoms with Gasteiger partial charge in [0.05, 0.1) is 5.75 Å². The summed E-state index contributed by atoms with van der Waals surface area (Å²) in [5, 5.41) is 3.46. The van der Waals surface area contributed by atoms with Crippen molar-refractivity contribution in [2.45, 2.75) is 10.6 Å². The fourth-order valence-corrected chi connectivity index (χ4v) is 1.80. The van der Waals surface area contributed by atoms with E-state index in [0.717, 1.165) is 0 Å². The fourth-order valence-electron chi connectivity index (χ4n) is 1.03. The quantitative estimate of drug-likeness (QED) is 0.640. The molecule has 1 heterocycles. The minimum Gasteiger partial charge on any atom is -0.399 e. The lowest BCUT2D eigenvalue weighted by atomic mass is 10.3. The van der Waals surface area contributed by atoms with Gasteiger partial charge in [0.2, 0.25) is 5.89 Å². The van der Waals surface area contributed by atoms with Gasteiger partial charge in [0, 0.05) is 10.6 Å². The summed E-state index contributed by atoms with van der Waals surface area (Å²) in [5.74, 6) is 0.580. The molecular weight excluding hydrogens is 217 g/mol. The minimum atomic E-state index is -0.334. The summed E-state index contributed by atoms with van der Waals surface area (Å²) >= 11 is 1.29. The van der Waals surface area contributed by atoms with Crippen LogP contribution in [0.15, 0.2) is 33.9 Å². The highest BCUT2D eigenvalue weighted by atomic mass is 32.2. The Kier molecular flexibility index (Phi) is 2.86. The number of hydrogen-bond donors (Lipinski definition) is 1. The topological polar surface area (TPSA) is 64.9 Å². The molecule has 0 amide bonds. The standard InChI is InChI=1S/C9H8FN3OS/c10-7-3-6(11)1-2-8(7)15-4-9-12-5-13-14-9/h1-3,5H,4,11H2. The number of anilines is 1. The Morgan fingerprint density at radius 1 is 1.47 bits per heavy atom. The molecule has 4 nitrogen and oxygen atoms in total. The molecule has 15 heavy (non-hydrogen) atoms. The normalized spacial score (nSPS) is 10.5. The van der Waals surface area contributed by atoms with Gasteiger partial charge in [0.1, 0.15) is 5.82 Å². The van der Waals surface area contributed by atoms with Gasteiger partial charge < -0.3 is 10.3 Å². The van der Waals surface area contributed by atoms with E-state index < -0.39 is 0 Å². The molecule has 0 aliphatic carbocycles. The highest BCUT2D eigenvalue weighted by Gasteiger charge is 2.05. The van der Waals surface area contributed by atoms with E-state index in [1.165, 1.54) is 24.2 Å². The van der Waals surface area contributed by atoms with Gasteiger partial charge in [0.25, 0.3) is 0 Å². The molecule has 0 saturated carbocycles. The van der Waals surface area contributed by atoms with Crippen molar-refractivity contribution >= 4 is 17.4 Å². The van der Waals surface area contributed by atoms with Crippen LogP contribution in [0.4, 0.5) is 10.1 Å². The summed E-state index contributed by atoms with van der Waals surface area (Å²) < 4.78 is 18.1. The first-order chi connectivity index (χ1) is 7.25. The lowest BCUT2D eigenvalue weighted by Crippen LogP contribution is -1.88. The summed E-state index contributed by atoms with van der Waals surface area (Å²) in [7, 11) is 0. The van der Waals surface area contributed by atoms with E-state index in [1.54, 1.807) is 12.1 Å². The molecule has 0 spiro atoms. The van der Waals surface area contributed by atoms with Crippen LogP contribution in [0.25, 0.3) is 0 Å². The average molecular weight is 225 g/mol. The van der Waals surface area contributed by atoms with Gasteiger partial charge in [-0.1, -0.05) is 5.16 Å². The minimum absolute atomic E-state index is 0.334. The molecule has 6 heteroatoms. The molecule has 0 atom stereocenters. The van der Waals surface area contributed by atoms with E-state index in [-0.39, 0.29) is 5.82 Å². The lowest BCUT2D eigenvalue weighted by Gasteiger charge is -2.01. The summed E-state index contributed by atoms with van der Waals surface area (Å²) in [4.78, 5) is 4.35. The molecule has 2 N–H and O–H groups in total. The number of benzene rings is 1. The highest BCUT2D eigenvalue weighted by Crippen LogP contribution is 2.25. The number of nitrogens with zero attached hydrogens (tertiary/aromatic N) is 2. The van der Waals surface area contributed by atoms with Crippen molar-refractivity contribution in [3.05, 3.63) is 36.2 Å². The van der Waals surface area contributed by atoms with Gasteiger partial charge in [-0.25, -0.2) is 4.39 Å². The van der Waals surface area contributed by atoms with Crippen molar-refractivity contribution in [1.82, 2.24) is 10.1 Å². The summed E-state index contributed by atoms with van der Waals surface area (Å²) in [6.07, 6.45) is 1.31. The number of rotatable bonds is 3. The predicted molar refractivity (Wildman–Crippen MR) is 54.7 cm³/mol. The zero-order chi connectivity index (χ0) is 10.7. The van der Waals surface area contributed by atoms with Crippen molar-refractivity contribution in [1.29, 1.82) is 0 Å². The first-order valence-corrected chi connectivity index (χ1v) is 5.17. The van der Waals surface area contributed by atoms with Crippen LogP contribution in [0.5, 0.6) is 0 Å². The molecule has 0 aliphatic rings. The van der Waals surface area contributed by atoms with E-state index in [0.29, 0.717) is 22.2 Å². The molecular formula is C9H8FN3OS. The number of nitrogens with two attached hydrogens (primary N) is 1. The van der Waals surface area contributed by atoms with Crippen molar-refractivity contribution in [2.24, 2.45) is 0 Å². The molecule has 1 aromatic carbocycles. The van der Waals surface area contributed by atoms with Crippen molar-refractivity contribution in [3.63, 3.8) is 0 Å². The summed E-state index contributed by atoms with van der Waals surface area (Å²) in [6.45, 7) is 0. The number of hydrogen-bond acceptors (Lipinski definition) is 5. The van der Waals surface area contributed by atoms with Crippen molar-refractivity contribution in [2.75, 3.05) is 5.73 Å². The Bertz CT molecular complexity index is 447. The molecule has 2 rings (SSSR count). The highest BCUT2D eigenvalue weighted by molar-refractivity contribution is 7.98. The first-order valence-electron chi connectivity index (χ1n) is 4.19. The number of nitrogen functional groups attached to an aromatic ring is 1. The second-order valence-corrected chi connectivity index (χ2v) is 3.83. The Morgan fingerprint density at radius 3 is 3.00 bits per heavy atom. The van der Waals surface area contributed by atoms with Gasteiger partial charge in [-0.2, -0.15) is 4.98 Å². The third-order valence-electron chi connectivity index (χ3n) is 1.71. The third-order valence-corrected chi connectivity index (χ3v) is 2.75. The average Bonchev–Trinajstić information content (AvgIpc) is 2.69. The van der Waals surface area contributed by atoms with Crippen LogP contribution in [0, 0.1) is 5.82 Å². The SMILES string of the molecule is Nc1ccc(SCc2ncno2)c(F)c1. The smallest absolute Gasteiger partial charge is 0.236 e. The first kappa shape index (κ1) is 9.97. The molecule has 78 valence electrons. The van der Waals surface area contributed by atoms with E-state index in [1.807, 2.05) is 0 Å². The third kappa shape index (κ3) is 2.47. The van der Waals surface area contributed by atoms with E-state index in [2.05, 4.69) is 10.1 Å². The number of halogens is 1. The van der Waals surface area contributed by atoms with Crippen molar-refractivity contribution in [3.8, 4) is 0 Å². The van der Waals surface area contributed by atoms with Crippen LogP contribution in [0.3, 0.4) is 0 Å². The summed E-state index contributed by atoms with van der Waals surface area (Å²) in [5.41, 5.74) is 5.84. The van der Waals surface area contributed by atoms with E-state index in [9.17, 15) is 4.39 Å².